The van der Waals surface area contributed by atoms with Gasteiger partial charge in [-0.1, -0.05) is 6.07 Å². The van der Waals surface area contributed by atoms with Gasteiger partial charge in [-0.05, 0) is 69.2 Å². The molecule has 0 bridgehead atoms. The molecule has 136 valence electrons. The van der Waals surface area contributed by atoms with Gasteiger partial charge >= 0.3 is 0 Å². The van der Waals surface area contributed by atoms with E-state index in [4.69, 9.17) is 10.5 Å². The lowest BCUT2D eigenvalue weighted by Gasteiger charge is -2.33. The molecule has 1 aromatic rings. The van der Waals surface area contributed by atoms with Crippen molar-refractivity contribution in [3.8, 4) is 5.75 Å². The van der Waals surface area contributed by atoms with Crippen molar-refractivity contribution in [3.05, 3.63) is 28.8 Å². The van der Waals surface area contributed by atoms with E-state index in [0.717, 1.165) is 37.2 Å². The van der Waals surface area contributed by atoms with Crippen molar-refractivity contribution in [2.24, 2.45) is 11.7 Å². The molecule has 0 saturated carbocycles. The lowest BCUT2D eigenvalue weighted by Crippen LogP contribution is -2.42. The molecule has 0 spiro atoms. The van der Waals surface area contributed by atoms with Gasteiger partial charge in [0.2, 0.25) is 5.91 Å². The third kappa shape index (κ3) is 5.38. The first-order chi connectivity index (χ1) is 10.9. The summed E-state index contributed by atoms with van der Waals surface area (Å²) in [5, 5.41) is 0. The van der Waals surface area contributed by atoms with Crippen molar-refractivity contribution in [3.63, 3.8) is 0 Å². The fraction of sp³-hybridized carbons (Fsp3) is 0.632. The van der Waals surface area contributed by atoms with Crippen LogP contribution in [0, 0.1) is 26.7 Å². The zero-order valence-electron chi connectivity index (χ0n) is 15.3. The zero-order chi connectivity index (χ0) is 17.0. The number of nitrogens with zero attached hydrogens (tertiary/aromatic N) is 1. The number of ether oxygens (including phenoxy) is 1. The maximum absolute atomic E-state index is 12.3. The summed E-state index contributed by atoms with van der Waals surface area (Å²) in [5.41, 5.74) is 9.52. The van der Waals surface area contributed by atoms with E-state index in [-0.39, 0.29) is 24.4 Å². The SMILES string of the molecule is Cc1cc(C)c(C)c(OCCC(=O)N2CCC(C(C)N)CC2)c1.Cl. The Morgan fingerprint density at radius 2 is 1.92 bits per heavy atom. The second kappa shape index (κ2) is 9.28. The van der Waals surface area contributed by atoms with Crippen molar-refractivity contribution in [2.75, 3.05) is 19.7 Å². The highest BCUT2D eigenvalue weighted by atomic mass is 35.5. The Kier molecular flexibility index (Phi) is 8.04. The van der Waals surface area contributed by atoms with Crippen LogP contribution in [0.3, 0.4) is 0 Å². The molecule has 0 aliphatic carbocycles. The average Bonchev–Trinajstić information content (AvgIpc) is 2.51. The molecule has 2 N–H and O–H groups in total. The number of rotatable bonds is 5. The highest BCUT2D eigenvalue weighted by molar-refractivity contribution is 5.85. The standard InChI is InChI=1S/C19H30N2O2.ClH/c1-13-11-14(2)15(3)18(12-13)23-10-7-19(22)21-8-5-17(6-9-21)16(4)20;/h11-12,16-17H,5-10,20H2,1-4H3;1H. The molecule has 2 rings (SSSR count). The van der Waals surface area contributed by atoms with Gasteiger partial charge in [-0.2, -0.15) is 0 Å². The number of halogens is 1. The first kappa shape index (κ1) is 20.8. The molecule has 1 fully saturated rings. The van der Waals surface area contributed by atoms with Gasteiger partial charge in [0.1, 0.15) is 5.75 Å². The fourth-order valence-corrected chi connectivity index (χ4v) is 3.23. The normalized spacial score (nSPS) is 16.5. The number of hydrogen-bond donors (Lipinski definition) is 1. The molecule has 0 radical (unpaired) electrons. The summed E-state index contributed by atoms with van der Waals surface area (Å²) in [6.45, 7) is 10.4. The Labute approximate surface area is 152 Å². The topological polar surface area (TPSA) is 55.6 Å². The second-order valence-corrected chi connectivity index (χ2v) is 6.88. The smallest absolute Gasteiger partial charge is 0.225 e. The minimum atomic E-state index is 0. The van der Waals surface area contributed by atoms with Gasteiger partial charge in [-0.3, -0.25) is 4.79 Å². The molecule has 1 aliphatic rings. The maximum atomic E-state index is 12.3. The molecule has 1 aromatic carbocycles. The molecule has 1 aliphatic heterocycles. The van der Waals surface area contributed by atoms with Gasteiger partial charge in [-0.15, -0.1) is 12.4 Å². The van der Waals surface area contributed by atoms with Crippen molar-refractivity contribution >= 4 is 18.3 Å². The van der Waals surface area contributed by atoms with Crippen LogP contribution in [0.1, 0.15) is 42.9 Å². The minimum Gasteiger partial charge on any atom is -0.493 e. The third-order valence-electron chi connectivity index (χ3n) is 4.97. The Morgan fingerprint density at radius 1 is 1.29 bits per heavy atom. The van der Waals surface area contributed by atoms with E-state index in [1.54, 1.807) is 0 Å². The number of carbonyl (C=O) groups is 1. The lowest BCUT2D eigenvalue weighted by molar-refractivity contribution is -0.133. The molecular formula is C19H31ClN2O2. The van der Waals surface area contributed by atoms with Gasteiger partial charge in [0.25, 0.3) is 0 Å². The number of aryl methyl sites for hydroxylation is 2. The molecule has 1 saturated heterocycles. The largest absolute Gasteiger partial charge is 0.493 e. The fourth-order valence-electron chi connectivity index (χ4n) is 3.23. The Hall–Kier alpha value is -1.26. The van der Waals surface area contributed by atoms with Gasteiger partial charge in [-0.25, -0.2) is 0 Å². The van der Waals surface area contributed by atoms with E-state index >= 15 is 0 Å². The summed E-state index contributed by atoms with van der Waals surface area (Å²) in [5.74, 6) is 1.63. The molecule has 1 unspecified atom stereocenters. The summed E-state index contributed by atoms with van der Waals surface area (Å²) in [6, 6.07) is 4.42. The summed E-state index contributed by atoms with van der Waals surface area (Å²) in [4.78, 5) is 14.3. The quantitative estimate of drug-likeness (QED) is 0.881. The Morgan fingerprint density at radius 3 is 2.50 bits per heavy atom. The van der Waals surface area contributed by atoms with E-state index in [1.165, 1.54) is 11.1 Å². The highest BCUT2D eigenvalue weighted by Crippen LogP contribution is 2.24. The summed E-state index contributed by atoms with van der Waals surface area (Å²) in [7, 11) is 0. The van der Waals surface area contributed by atoms with Crippen LogP contribution < -0.4 is 10.5 Å². The lowest BCUT2D eigenvalue weighted by atomic mass is 9.91. The van der Waals surface area contributed by atoms with Crippen molar-refractivity contribution < 1.29 is 9.53 Å². The van der Waals surface area contributed by atoms with Crippen LogP contribution in [-0.4, -0.2) is 36.5 Å². The second-order valence-electron chi connectivity index (χ2n) is 6.88. The van der Waals surface area contributed by atoms with Crippen molar-refractivity contribution in [2.45, 2.75) is 53.0 Å². The number of hydrogen-bond acceptors (Lipinski definition) is 3. The third-order valence-corrected chi connectivity index (χ3v) is 4.97. The number of benzene rings is 1. The van der Waals surface area contributed by atoms with E-state index in [2.05, 4.69) is 33.8 Å². The van der Waals surface area contributed by atoms with Crippen LogP contribution in [0.2, 0.25) is 0 Å². The van der Waals surface area contributed by atoms with Crippen molar-refractivity contribution in [1.29, 1.82) is 0 Å². The average molecular weight is 355 g/mol. The zero-order valence-corrected chi connectivity index (χ0v) is 16.1. The van der Waals surface area contributed by atoms with Crippen molar-refractivity contribution in [1.82, 2.24) is 4.90 Å². The number of nitrogens with two attached hydrogens (primary N) is 1. The number of likely N-dealkylation sites (tertiary alicyclic amines) is 1. The Bertz CT molecular complexity index is 553. The monoisotopic (exact) mass is 354 g/mol. The number of carbonyl (C=O) groups excluding carboxylic acids is 1. The van der Waals surface area contributed by atoms with Crippen LogP contribution in [0.4, 0.5) is 0 Å². The first-order valence-corrected chi connectivity index (χ1v) is 8.62. The predicted molar refractivity (Wildman–Crippen MR) is 101 cm³/mol. The van der Waals surface area contributed by atoms with Crippen LogP contribution in [0.15, 0.2) is 12.1 Å². The van der Waals surface area contributed by atoms with E-state index < -0.39 is 0 Å². The molecule has 1 atom stereocenters. The predicted octanol–water partition coefficient (Wildman–Crippen LogP) is 3.39. The van der Waals surface area contributed by atoms with Crippen LogP contribution in [0.5, 0.6) is 5.75 Å². The molecule has 4 nitrogen and oxygen atoms in total. The number of piperidine rings is 1. The summed E-state index contributed by atoms with van der Waals surface area (Å²) < 4.78 is 5.85. The molecule has 1 amide bonds. The molecular weight excluding hydrogens is 324 g/mol. The molecule has 1 heterocycles. The Balaban J connectivity index is 0.00000288. The van der Waals surface area contributed by atoms with Gasteiger partial charge in [0.15, 0.2) is 0 Å². The van der Waals surface area contributed by atoms with Crippen LogP contribution in [-0.2, 0) is 4.79 Å². The first-order valence-electron chi connectivity index (χ1n) is 8.62. The van der Waals surface area contributed by atoms with Gasteiger partial charge in [0, 0.05) is 19.1 Å². The maximum Gasteiger partial charge on any atom is 0.225 e. The summed E-state index contributed by atoms with van der Waals surface area (Å²) in [6.07, 6.45) is 2.47. The number of amides is 1. The molecule has 0 aromatic heterocycles. The minimum absolute atomic E-state index is 0. The highest BCUT2D eigenvalue weighted by Gasteiger charge is 2.24. The van der Waals surface area contributed by atoms with E-state index in [0.29, 0.717) is 18.9 Å². The molecule has 5 heteroatoms. The molecule has 24 heavy (non-hydrogen) atoms. The van der Waals surface area contributed by atoms with E-state index in [1.807, 2.05) is 11.0 Å². The van der Waals surface area contributed by atoms with Crippen LogP contribution in [0.25, 0.3) is 0 Å². The van der Waals surface area contributed by atoms with E-state index in [9.17, 15) is 4.79 Å². The summed E-state index contributed by atoms with van der Waals surface area (Å²) >= 11 is 0. The van der Waals surface area contributed by atoms with Gasteiger partial charge in [0.05, 0.1) is 13.0 Å². The van der Waals surface area contributed by atoms with Gasteiger partial charge < -0.3 is 15.4 Å². The van der Waals surface area contributed by atoms with Crippen LogP contribution >= 0.6 is 12.4 Å².